The Morgan fingerprint density at radius 1 is 1.05 bits per heavy atom. The van der Waals surface area contributed by atoms with Crippen LogP contribution in [0.15, 0.2) is 94.3 Å². The van der Waals surface area contributed by atoms with E-state index in [1.807, 2.05) is 73.3 Å². The highest BCUT2D eigenvalue weighted by Crippen LogP contribution is 2.46. The summed E-state index contributed by atoms with van der Waals surface area (Å²) in [5, 5.41) is 8.25. The lowest BCUT2D eigenvalue weighted by Crippen LogP contribution is -2.46. The summed E-state index contributed by atoms with van der Waals surface area (Å²) in [6, 6.07) is 17.8. The maximum atomic E-state index is 13.8. The van der Waals surface area contributed by atoms with Crippen LogP contribution in [0.25, 0.3) is 11.4 Å². The summed E-state index contributed by atoms with van der Waals surface area (Å²) in [6.07, 6.45) is 5.90. The first-order valence-corrected chi connectivity index (χ1v) is 12.3. The number of allylic oxidation sites excluding steroid dienone is 1. The van der Waals surface area contributed by atoms with Gasteiger partial charge in [0.05, 0.1) is 18.3 Å². The zero-order valence-electron chi connectivity index (χ0n) is 22.0. The van der Waals surface area contributed by atoms with E-state index < -0.39 is 29.5 Å². The Labute approximate surface area is 235 Å². The van der Waals surface area contributed by atoms with Crippen LogP contribution < -0.4 is 25.8 Å². The molecule has 0 radical (unpaired) electrons. The molecule has 2 aliphatic rings. The molecule has 0 amide bonds. The first-order valence-electron chi connectivity index (χ1n) is 12.3. The standard InChI is InChI=1S/C28H25N4O4.CH2O2.ClH/c1-18(33)19-7-9-20(10-8-19)31-26(34)30-16-13-23-25(32(30)27(31)35)22-12-11-21(29-14-5-4-6-15-29)17-24(22)36-28(23,2)3;2-1-3;/h4-15,17,25H,16H2,1-3H3;1H,(H,2,3);1H/q+1;;/p-1. The number of ether oxygens (including phenoxy) is 1. The monoisotopic (exact) mass is 562 g/mol. The van der Waals surface area contributed by atoms with Crippen molar-refractivity contribution in [3.63, 3.8) is 0 Å². The molecule has 11 heteroatoms. The largest absolute Gasteiger partial charge is 0.554 e. The Balaban J connectivity index is 0.000000886. The van der Waals surface area contributed by atoms with Crippen molar-refractivity contribution in [3.8, 4) is 17.1 Å². The summed E-state index contributed by atoms with van der Waals surface area (Å²) in [5.74, 6) is 0.590. The summed E-state index contributed by atoms with van der Waals surface area (Å²) < 4.78 is 12.6. The lowest BCUT2D eigenvalue weighted by atomic mass is 9.83. The van der Waals surface area contributed by atoms with E-state index in [4.69, 9.17) is 14.6 Å². The van der Waals surface area contributed by atoms with Crippen molar-refractivity contribution in [1.82, 2.24) is 13.9 Å². The van der Waals surface area contributed by atoms with Crippen LogP contribution in [0.1, 0.15) is 42.7 Å². The van der Waals surface area contributed by atoms with E-state index in [1.165, 1.54) is 16.3 Å². The zero-order valence-corrected chi connectivity index (χ0v) is 22.8. The molecular weight excluding hydrogens is 536 g/mol. The fourth-order valence-electron chi connectivity index (χ4n) is 5.18. The molecule has 0 spiro atoms. The van der Waals surface area contributed by atoms with E-state index >= 15 is 0 Å². The smallest absolute Gasteiger partial charge is 0.352 e. The van der Waals surface area contributed by atoms with Gasteiger partial charge in [-0.05, 0) is 56.7 Å². The van der Waals surface area contributed by atoms with Gasteiger partial charge in [-0.25, -0.2) is 23.5 Å². The van der Waals surface area contributed by atoms with Crippen LogP contribution in [0.5, 0.6) is 5.75 Å². The van der Waals surface area contributed by atoms with Crippen LogP contribution in [-0.2, 0) is 11.3 Å². The highest BCUT2D eigenvalue weighted by Gasteiger charge is 2.44. The molecule has 0 aliphatic carbocycles. The molecule has 0 bridgehead atoms. The van der Waals surface area contributed by atoms with Crippen LogP contribution in [0.4, 0.5) is 0 Å². The molecule has 1 unspecified atom stereocenters. The van der Waals surface area contributed by atoms with Crippen molar-refractivity contribution in [2.24, 2.45) is 0 Å². The number of hydrogen-bond donors (Lipinski definition) is 0. The second-order valence-electron chi connectivity index (χ2n) is 9.71. The molecule has 4 heterocycles. The average Bonchev–Trinajstić information content (AvgIpc) is 3.18. The average molecular weight is 563 g/mol. The van der Waals surface area contributed by atoms with Crippen molar-refractivity contribution >= 4 is 24.7 Å². The Kier molecular flexibility index (Phi) is 7.66. The Morgan fingerprint density at radius 2 is 1.70 bits per heavy atom. The number of carbonyl (C=O) groups excluding carboxylic acids is 2. The Morgan fingerprint density at radius 3 is 2.33 bits per heavy atom. The molecular formula is C29H27ClN4O6. The number of hydrogen-bond acceptors (Lipinski definition) is 6. The van der Waals surface area contributed by atoms with Gasteiger partial charge >= 0.3 is 11.4 Å². The first kappa shape index (κ1) is 28.3. The number of pyridine rings is 1. The molecule has 0 saturated carbocycles. The fraction of sp³-hybridized carbons (Fsp3) is 0.207. The van der Waals surface area contributed by atoms with Gasteiger partial charge in [-0.1, -0.05) is 12.1 Å². The fourth-order valence-corrected chi connectivity index (χ4v) is 5.18. The third-order valence-electron chi connectivity index (χ3n) is 6.98. The maximum absolute atomic E-state index is 13.8. The summed E-state index contributed by atoms with van der Waals surface area (Å²) >= 11 is 0. The van der Waals surface area contributed by atoms with E-state index in [0.29, 0.717) is 17.0 Å². The van der Waals surface area contributed by atoms with Crippen LogP contribution in [0, 0.1) is 0 Å². The number of rotatable bonds is 3. The van der Waals surface area contributed by atoms with Crippen molar-refractivity contribution in [3.05, 3.63) is 117 Å². The van der Waals surface area contributed by atoms with Crippen LogP contribution >= 0.6 is 12.4 Å². The number of carbonyl (C=O) groups is 2. The second kappa shape index (κ2) is 10.8. The zero-order chi connectivity index (χ0) is 27.9. The Bertz CT molecular complexity index is 1730. The van der Waals surface area contributed by atoms with Gasteiger partial charge in [0.2, 0.25) is 5.69 Å². The number of fused-ring (bicyclic) bond motifs is 5. The highest BCUT2D eigenvalue weighted by atomic mass is 35.5. The minimum absolute atomic E-state index is 0. The normalized spacial score (nSPS) is 15.9. The number of benzene rings is 2. The molecule has 10 nitrogen and oxygen atoms in total. The minimum Gasteiger partial charge on any atom is -0.554 e. The van der Waals surface area contributed by atoms with Crippen LogP contribution in [-0.4, -0.2) is 31.8 Å². The molecule has 2 aliphatic heterocycles. The molecule has 206 valence electrons. The molecule has 6 rings (SSSR count). The van der Waals surface area contributed by atoms with Gasteiger partial charge in [-0.3, -0.25) is 4.79 Å². The number of Topliss-reactive ketones (excluding diaryl/α,β-unsaturated/α-hetero) is 1. The van der Waals surface area contributed by atoms with E-state index in [2.05, 4.69) is 0 Å². The van der Waals surface area contributed by atoms with Crippen LogP contribution in [0.2, 0.25) is 0 Å². The third kappa shape index (κ3) is 4.66. The number of halogens is 1. The van der Waals surface area contributed by atoms with Gasteiger partial charge in [-0.15, -0.1) is 12.4 Å². The van der Waals surface area contributed by atoms with Crippen molar-refractivity contribution in [1.29, 1.82) is 0 Å². The second-order valence-corrected chi connectivity index (χ2v) is 9.71. The maximum Gasteiger partial charge on any atom is 0.352 e. The predicted octanol–water partition coefficient (Wildman–Crippen LogP) is 1.77. The van der Waals surface area contributed by atoms with Gasteiger partial charge in [0.1, 0.15) is 17.4 Å². The SMILES string of the molecule is CC(=O)c1ccc(-n2c(=O)n3n(c2=O)C2C(=CC3)C(C)(C)Oc3cc(-[n+]4ccccc4)ccc32)cc1.Cl.O=C[O-]. The van der Waals surface area contributed by atoms with Crippen LogP contribution in [0.3, 0.4) is 0 Å². The van der Waals surface area contributed by atoms with Crippen molar-refractivity contribution in [2.45, 2.75) is 39.0 Å². The summed E-state index contributed by atoms with van der Waals surface area (Å²) in [4.78, 5) is 47.1. The van der Waals surface area contributed by atoms with E-state index in [0.717, 1.165) is 21.4 Å². The lowest BCUT2D eigenvalue weighted by molar-refractivity contribution is -0.595. The number of ketones is 1. The molecule has 2 aromatic carbocycles. The first-order chi connectivity index (χ1) is 18.7. The minimum atomic E-state index is -0.677. The van der Waals surface area contributed by atoms with Gasteiger partial charge in [0.25, 0.3) is 0 Å². The summed E-state index contributed by atoms with van der Waals surface area (Å²) in [5.41, 5.74) is 2.09. The van der Waals surface area contributed by atoms with Gasteiger partial charge in [0.15, 0.2) is 18.2 Å². The summed E-state index contributed by atoms with van der Waals surface area (Å²) in [7, 11) is 0. The number of nitrogens with zero attached hydrogens (tertiary/aromatic N) is 4. The lowest BCUT2D eigenvalue weighted by Gasteiger charge is -2.42. The molecule has 2 aromatic heterocycles. The van der Waals surface area contributed by atoms with Gasteiger partial charge < -0.3 is 14.6 Å². The predicted molar refractivity (Wildman–Crippen MR) is 147 cm³/mol. The molecule has 0 N–H and O–H groups in total. The van der Waals surface area contributed by atoms with Gasteiger partial charge in [-0.2, -0.15) is 4.57 Å². The molecule has 40 heavy (non-hydrogen) atoms. The molecule has 0 saturated heterocycles. The number of carboxylic acid groups (broad SMARTS) is 1. The van der Waals surface area contributed by atoms with Crippen molar-refractivity contribution < 1.29 is 24.0 Å². The van der Waals surface area contributed by atoms with E-state index in [1.54, 1.807) is 24.3 Å². The van der Waals surface area contributed by atoms with E-state index in [9.17, 15) is 14.4 Å². The molecule has 1 atom stereocenters. The topological polar surface area (TPSA) is 119 Å². The summed E-state index contributed by atoms with van der Waals surface area (Å²) in [6.45, 7) is 5.20. The molecule has 0 fully saturated rings. The van der Waals surface area contributed by atoms with Crippen molar-refractivity contribution in [2.75, 3.05) is 0 Å². The third-order valence-corrected chi connectivity index (χ3v) is 6.98. The quantitative estimate of drug-likeness (QED) is 0.162. The Hall–Kier alpha value is -4.70. The number of aromatic nitrogens is 4. The molecule has 4 aromatic rings. The highest BCUT2D eigenvalue weighted by molar-refractivity contribution is 5.94. The van der Waals surface area contributed by atoms with Gasteiger partial charge in [0, 0.05) is 35.8 Å². The van der Waals surface area contributed by atoms with E-state index in [-0.39, 0.29) is 24.7 Å².